The van der Waals surface area contributed by atoms with Gasteiger partial charge in [-0.1, -0.05) is 76.1 Å². The van der Waals surface area contributed by atoms with Crippen LogP contribution in [-0.4, -0.2) is 47.9 Å². The Morgan fingerprint density at radius 1 is 0.860 bits per heavy atom. The Morgan fingerprint density at radius 3 is 1.93 bits per heavy atom. The van der Waals surface area contributed by atoms with Crippen molar-refractivity contribution in [3.05, 3.63) is 89.8 Å². The first-order chi connectivity index (χ1) is 20.7. The number of rotatable bonds is 8. The number of halogens is 1. The molecule has 0 radical (unpaired) electrons. The molecular weight excluding hydrogens is 539 g/mol. The molecule has 3 aromatic rings. The number of aldehydes is 2. The molecular formula is C37H51FN2O3. The highest BCUT2D eigenvalue weighted by Crippen LogP contribution is 2.27. The van der Waals surface area contributed by atoms with Crippen molar-refractivity contribution in [2.75, 3.05) is 45.2 Å². The molecule has 1 fully saturated rings. The fraction of sp³-hybridized carbons (Fsp3) is 0.405. The van der Waals surface area contributed by atoms with E-state index in [4.69, 9.17) is 0 Å². The van der Waals surface area contributed by atoms with Crippen molar-refractivity contribution in [1.82, 2.24) is 0 Å². The third-order valence-electron chi connectivity index (χ3n) is 6.97. The summed E-state index contributed by atoms with van der Waals surface area (Å²) in [5, 5.41) is 0. The number of allylic oxidation sites excluding steroid dienone is 1. The quantitative estimate of drug-likeness (QED) is 0.194. The first-order valence-electron chi connectivity index (χ1n) is 15.1. The minimum atomic E-state index is -0.323. The van der Waals surface area contributed by atoms with Crippen molar-refractivity contribution < 1.29 is 18.7 Å². The summed E-state index contributed by atoms with van der Waals surface area (Å²) < 4.78 is 18.2. The maximum Gasteiger partial charge on any atom is 0.142 e. The van der Waals surface area contributed by atoms with Crippen LogP contribution >= 0.6 is 0 Å². The second-order valence-corrected chi connectivity index (χ2v) is 10.8. The average molecular weight is 591 g/mol. The van der Waals surface area contributed by atoms with Crippen LogP contribution in [0.2, 0.25) is 0 Å². The first kappa shape index (κ1) is 37.3. The van der Waals surface area contributed by atoms with Crippen LogP contribution in [0, 0.1) is 17.7 Å². The van der Waals surface area contributed by atoms with Crippen molar-refractivity contribution >= 4 is 30.0 Å². The number of benzene rings is 3. The summed E-state index contributed by atoms with van der Waals surface area (Å²) in [6.07, 6.45) is 9.61. The number of ether oxygens (including phenoxy) is 1. The van der Waals surface area contributed by atoms with Crippen molar-refractivity contribution in [2.24, 2.45) is 11.8 Å². The van der Waals surface area contributed by atoms with Gasteiger partial charge in [0, 0.05) is 59.2 Å². The number of hydrogen-bond acceptors (Lipinski definition) is 5. The SMILES string of the molecule is CC.CN(C)c1ccc(-c2ccc(CN(C)c3cc(F)cc(/C=C/C=O)c3)cc2)cc1.COC.C[C@@H]1CCCC(C=O)C1. The summed E-state index contributed by atoms with van der Waals surface area (Å²) in [5.74, 6) is 0.846. The topological polar surface area (TPSA) is 49.9 Å². The van der Waals surface area contributed by atoms with E-state index < -0.39 is 0 Å². The predicted octanol–water partition coefficient (Wildman–Crippen LogP) is 8.71. The molecule has 5 nitrogen and oxygen atoms in total. The van der Waals surface area contributed by atoms with E-state index in [2.05, 4.69) is 65.1 Å². The van der Waals surface area contributed by atoms with Gasteiger partial charge < -0.3 is 19.3 Å². The molecule has 234 valence electrons. The Kier molecular flexibility index (Phi) is 18.2. The highest BCUT2D eigenvalue weighted by atomic mass is 19.1. The third-order valence-corrected chi connectivity index (χ3v) is 6.97. The van der Waals surface area contributed by atoms with Gasteiger partial charge in [0.15, 0.2) is 0 Å². The largest absolute Gasteiger partial charge is 0.388 e. The van der Waals surface area contributed by atoms with Crippen LogP contribution in [0.5, 0.6) is 0 Å². The smallest absolute Gasteiger partial charge is 0.142 e. The second-order valence-electron chi connectivity index (χ2n) is 10.8. The molecule has 1 unspecified atom stereocenters. The lowest BCUT2D eigenvalue weighted by Crippen LogP contribution is -2.16. The summed E-state index contributed by atoms with van der Waals surface area (Å²) in [4.78, 5) is 24.9. The van der Waals surface area contributed by atoms with Gasteiger partial charge in [0.2, 0.25) is 0 Å². The molecule has 0 aromatic heterocycles. The Morgan fingerprint density at radius 2 is 1.44 bits per heavy atom. The van der Waals surface area contributed by atoms with Crippen LogP contribution in [-0.2, 0) is 20.9 Å². The van der Waals surface area contributed by atoms with Crippen molar-refractivity contribution in [2.45, 2.75) is 53.0 Å². The Hall–Kier alpha value is -3.77. The molecule has 0 spiro atoms. The number of methoxy groups -OCH3 is 1. The van der Waals surface area contributed by atoms with E-state index in [9.17, 15) is 14.0 Å². The zero-order valence-electron chi connectivity index (χ0n) is 27.3. The fourth-order valence-electron chi connectivity index (χ4n) is 4.79. The number of hydrogen-bond donors (Lipinski definition) is 0. The van der Waals surface area contributed by atoms with Crippen LogP contribution in [0.25, 0.3) is 17.2 Å². The van der Waals surface area contributed by atoms with Crippen LogP contribution in [0.1, 0.15) is 57.6 Å². The van der Waals surface area contributed by atoms with E-state index in [0.717, 1.165) is 41.9 Å². The average Bonchev–Trinajstić information content (AvgIpc) is 3.02. The molecule has 4 rings (SSSR count). The fourth-order valence-corrected chi connectivity index (χ4v) is 4.79. The highest BCUT2D eigenvalue weighted by Gasteiger charge is 2.17. The number of carbonyl (C=O) groups excluding carboxylic acids is 2. The van der Waals surface area contributed by atoms with E-state index in [-0.39, 0.29) is 5.82 Å². The monoisotopic (exact) mass is 590 g/mol. The molecule has 0 bridgehead atoms. The molecule has 43 heavy (non-hydrogen) atoms. The summed E-state index contributed by atoms with van der Waals surface area (Å²) in [7, 11) is 9.23. The maximum atomic E-state index is 13.9. The molecule has 0 N–H and O–H groups in total. The van der Waals surface area contributed by atoms with Crippen molar-refractivity contribution in [3.63, 3.8) is 0 Å². The van der Waals surface area contributed by atoms with Gasteiger partial charge >= 0.3 is 0 Å². The van der Waals surface area contributed by atoms with E-state index in [1.54, 1.807) is 20.3 Å². The maximum absolute atomic E-state index is 13.9. The molecule has 3 aromatic carbocycles. The van der Waals surface area contributed by atoms with Crippen LogP contribution in [0.3, 0.4) is 0 Å². The third kappa shape index (κ3) is 13.8. The minimum absolute atomic E-state index is 0.323. The summed E-state index contributed by atoms with van der Waals surface area (Å²) in [6, 6.07) is 21.6. The zero-order chi connectivity index (χ0) is 32.2. The molecule has 0 aliphatic heterocycles. The molecule has 0 heterocycles. The molecule has 1 saturated carbocycles. The summed E-state index contributed by atoms with van der Waals surface area (Å²) in [5.41, 5.74) is 6.07. The Labute approximate surface area is 259 Å². The Bertz CT molecular complexity index is 1220. The van der Waals surface area contributed by atoms with Crippen LogP contribution in [0.15, 0.2) is 72.8 Å². The normalized spacial score (nSPS) is 15.5. The molecule has 1 aliphatic rings. The van der Waals surface area contributed by atoms with Gasteiger partial charge in [-0.15, -0.1) is 0 Å². The highest BCUT2D eigenvalue weighted by molar-refractivity contribution is 5.74. The lowest BCUT2D eigenvalue weighted by atomic mass is 9.83. The van der Waals surface area contributed by atoms with Gasteiger partial charge in [-0.25, -0.2) is 4.39 Å². The standard InChI is InChI=1S/C25H25FN2O.C8H14O.C2H6O.C2H6/c1-27(2)24-12-10-22(11-13-24)21-8-6-19(7-9-21)18-28(3)25-16-20(5-4-14-29)15-23(26)17-25;1-7-3-2-4-8(5-7)6-9;1-3-2;1-2/h4-17H,18H2,1-3H3;6-8H,2-5H2,1H3;1-2H3;1-2H3/b5-4+;;;/t;7-,8?;;/m.1../s1. The molecule has 1 aliphatic carbocycles. The molecule has 0 saturated heterocycles. The van der Waals surface area contributed by atoms with E-state index >= 15 is 0 Å². The van der Waals surface area contributed by atoms with E-state index in [1.807, 2.05) is 46.0 Å². The van der Waals surface area contributed by atoms with Crippen LogP contribution < -0.4 is 9.80 Å². The van der Waals surface area contributed by atoms with Gasteiger partial charge in [0.1, 0.15) is 18.4 Å². The number of anilines is 2. The van der Waals surface area contributed by atoms with Crippen molar-refractivity contribution in [1.29, 1.82) is 0 Å². The Balaban J connectivity index is 0.000000549. The van der Waals surface area contributed by atoms with Crippen molar-refractivity contribution in [3.8, 4) is 11.1 Å². The lowest BCUT2D eigenvalue weighted by Gasteiger charge is -2.21. The van der Waals surface area contributed by atoms with E-state index in [1.165, 1.54) is 42.3 Å². The number of nitrogens with zero attached hydrogens (tertiary/aromatic N) is 2. The van der Waals surface area contributed by atoms with Gasteiger partial charge in [-0.3, -0.25) is 4.79 Å². The van der Waals surface area contributed by atoms with E-state index in [0.29, 0.717) is 24.3 Å². The van der Waals surface area contributed by atoms with Gasteiger partial charge in [0.25, 0.3) is 0 Å². The van der Waals surface area contributed by atoms with Crippen LogP contribution in [0.4, 0.5) is 15.8 Å². The molecule has 6 heteroatoms. The lowest BCUT2D eigenvalue weighted by molar-refractivity contribution is -0.112. The zero-order valence-corrected chi connectivity index (χ0v) is 27.3. The van der Waals surface area contributed by atoms with Gasteiger partial charge in [-0.2, -0.15) is 0 Å². The second kappa shape index (κ2) is 21.0. The minimum Gasteiger partial charge on any atom is -0.388 e. The molecule has 2 atom stereocenters. The van der Waals surface area contributed by atoms with Gasteiger partial charge in [-0.05, 0) is 77.4 Å². The summed E-state index contributed by atoms with van der Waals surface area (Å²) >= 11 is 0. The summed E-state index contributed by atoms with van der Waals surface area (Å²) in [6.45, 7) is 6.88. The molecule has 0 amide bonds. The first-order valence-corrected chi connectivity index (χ1v) is 15.1. The van der Waals surface area contributed by atoms with Gasteiger partial charge in [0.05, 0.1) is 0 Å². The number of carbonyl (C=O) groups is 2. The predicted molar refractivity (Wildman–Crippen MR) is 181 cm³/mol.